The molecule has 1 aliphatic heterocycles. The highest BCUT2D eigenvalue weighted by Crippen LogP contribution is 2.31. The van der Waals surface area contributed by atoms with Crippen molar-refractivity contribution in [2.24, 2.45) is 5.73 Å². The van der Waals surface area contributed by atoms with Crippen molar-refractivity contribution in [2.45, 2.75) is 31.3 Å². The van der Waals surface area contributed by atoms with E-state index in [2.05, 4.69) is 17.4 Å². The number of para-hydroxylation sites is 1. The van der Waals surface area contributed by atoms with E-state index < -0.39 is 0 Å². The van der Waals surface area contributed by atoms with Crippen LogP contribution < -0.4 is 20.7 Å². The second-order valence-corrected chi connectivity index (χ2v) is 9.51. The van der Waals surface area contributed by atoms with E-state index in [4.69, 9.17) is 10.5 Å². The molecule has 0 spiro atoms. The molecular formula is C29H32N4O3. The summed E-state index contributed by atoms with van der Waals surface area (Å²) in [4.78, 5) is 29.9. The molecule has 1 heterocycles. The Balaban J connectivity index is 1.32. The maximum atomic E-state index is 13.2. The van der Waals surface area contributed by atoms with Crippen molar-refractivity contribution in [1.82, 2.24) is 10.2 Å². The molecule has 1 aliphatic carbocycles. The van der Waals surface area contributed by atoms with Crippen molar-refractivity contribution in [3.63, 3.8) is 0 Å². The second kappa shape index (κ2) is 10.8. The lowest BCUT2D eigenvalue weighted by Crippen LogP contribution is -2.45. The third kappa shape index (κ3) is 5.69. The fourth-order valence-electron chi connectivity index (χ4n) is 5.00. The average molecular weight is 485 g/mol. The van der Waals surface area contributed by atoms with Crippen LogP contribution in [0.3, 0.4) is 0 Å². The molecule has 186 valence electrons. The van der Waals surface area contributed by atoms with Gasteiger partial charge in [0.25, 0.3) is 0 Å². The van der Waals surface area contributed by atoms with Gasteiger partial charge >= 0.3 is 0 Å². The number of amides is 2. The van der Waals surface area contributed by atoms with Crippen LogP contribution in [0.1, 0.15) is 30.0 Å². The third-order valence-electron chi connectivity index (χ3n) is 6.87. The highest BCUT2D eigenvalue weighted by Gasteiger charge is 2.28. The van der Waals surface area contributed by atoms with Crippen LogP contribution in [0.25, 0.3) is 0 Å². The maximum absolute atomic E-state index is 13.2. The van der Waals surface area contributed by atoms with Crippen LogP contribution in [0.5, 0.6) is 11.5 Å². The van der Waals surface area contributed by atoms with Crippen LogP contribution >= 0.6 is 0 Å². The molecule has 3 aromatic carbocycles. The standard InChI is InChI=1S/C29H32N4O3/c30-22-15-16-32(18-22)29(35)20-33(19-28(34)31-27-14-13-21-7-4-5-12-26(21)27)23-8-6-11-25(17-23)36-24-9-2-1-3-10-24/h1-12,17,22,27H,13-16,18-20,30H2,(H,31,34). The molecule has 1 fully saturated rings. The van der Waals surface area contributed by atoms with Crippen molar-refractivity contribution in [2.75, 3.05) is 31.1 Å². The molecule has 0 radical (unpaired) electrons. The predicted molar refractivity (Wildman–Crippen MR) is 140 cm³/mol. The molecule has 2 atom stereocenters. The van der Waals surface area contributed by atoms with Crippen LogP contribution in [-0.2, 0) is 16.0 Å². The number of aryl methyl sites for hydroxylation is 1. The largest absolute Gasteiger partial charge is 0.457 e. The van der Waals surface area contributed by atoms with E-state index in [1.807, 2.05) is 71.6 Å². The molecule has 1 saturated heterocycles. The quantitative estimate of drug-likeness (QED) is 0.510. The van der Waals surface area contributed by atoms with Crippen LogP contribution in [0, 0.1) is 0 Å². The van der Waals surface area contributed by atoms with Crippen molar-refractivity contribution >= 4 is 17.5 Å². The first-order chi connectivity index (χ1) is 17.5. The summed E-state index contributed by atoms with van der Waals surface area (Å²) in [5, 5.41) is 3.18. The van der Waals surface area contributed by atoms with Gasteiger partial charge in [-0.1, -0.05) is 48.5 Å². The van der Waals surface area contributed by atoms with E-state index in [1.54, 1.807) is 4.90 Å². The second-order valence-electron chi connectivity index (χ2n) is 9.51. The number of nitrogens with one attached hydrogen (secondary N) is 1. The van der Waals surface area contributed by atoms with Crippen LogP contribution in [0.4, 0.5) is 5.69 Å². The van der Waals surface area contributed by atoms with Gasteiger partial charge in [0.05, 0.1) is 19.1 Å². The molecule has 0 bridgehead atoms. The monoisotopic (exact) mass is 484 g/mol. The topological polar surface area (TPSA) is 87.9 Å². The molecule has 36 heavy (non-hydrogen) atoms. The summed E-state index contributed by atoms with van der Waals surface area (Å²) >= 11 is 0. The lowest BCUT2D eigenvalue weighted by atomic mass is 10.1. The zero-order valence-corrected chi connectivity index (χ0v) is 20.3. The molecule has 2 amide bonds. The molecule has 2 unspecified atom stereocenters. The molecule has 5 rings (SSSR count). The Labute approximate surface area is 211 Å². The normalized spacial score (nSPS) is 18.5. The van der Waals surface area contributed by atoms with E-state index in [9.17, 15) is 9.59 Å². The summed E-state index contributed by atoms with van der Waals surface area (Å²) in [6, 6.07) is 25.3. The lowest BCUT2D eigenvalue weighted by molar-refractivity contribution is -0.128. The maximum Gasteiger partial charge on any atom is 0.242 e. The van der Waals surface area contributed by atoms with Gasteiger partial charge in [0.1, 0.15) is 11.5 Å². The zero-order chi connectivity index (χ0) is 24.9. The molecule has 7 nitrogen and oxygen atoms in total. The first-order valence-corrected chi connectivity index (χ1v) is 12.5. The third-order valence-corrected chi connectivity index (χ3v) is 6.87. The fourth-order valence-corrected chi connectivity index (χ4v) is 5.00. The number of nitrogens with two attached hydrogens (primary N) is 1. The number of benzene rings is 3. The van der Waals surface area contributed by atoms with Crippen LogP contribution in [-0.4, -0.2) is 48.9 Å². The fraction of sp³-hybridized carbons (Fsp3) is 0.310. The van der Waals surface area contributed by atoms with Gasteiger partial charge in [-0.2, -0.15) is 0 Å². The van der Waals surface area contributed by atoms with Gasteiger partial charge in [-0.15, -0.1) is 0 Å². The van der Waals surface area contributed by atoms with Gasteiger partial charge in [0, 0.05) is 30.9 Å². The van der Waals surface area contributed by atoms with E-state index >= 15 is 0 Å². The number of fused-ring (bicyclic) bond motifs is 1. The Bertz CT molecular complexity index is 1220. The highest BCUT2D eigenvalue weighted by atomic mass is 16.5. The van der Waals surface area contributed by atoms with E-state index in [0.29, 0.717) is 18.8 Å². The molecule has 2 aliphatic rings. The molecule has 3 N–H and O–H groups in total. The molecule has 0 saturated carbocycles. The Hall–Kier alpha value is -3.84. The molecule has 3 aromatic rings. The summed E-state index contributed by atoms with van der Waals surface area (Å²) in [6.45, 7) is 1.36. The smallest absolute Gasteiger partial charge is 0.242 e. The number of carbonyl (C=O) groups is 2. The van der Waals surface area contributed by atoms with Gasteiger partial charge in [-0.3, -0.25) is 9.59 Å². The molecular weight excluding hydrogens is 452 g/mol. The number of likely N-dealkylation sites (tertiary alicyclic amines) is 1. The SMILES string of the molecule is NC1CCN(C(=O)CN(CC(=O)NC2CCc3ccccc32)c2cccc(Oc3ccccc3)c2)C1. The summed E-state index contributed by atoms with van der Waals surface area (Å²) in [6.07, 6.45) is 2.64. The first kappa shape index (κ1) is 23.9. The van der Waals surface area contributed by atoms with Gasteiger partial charge < -0.3 is 25.6 Å². The average Bonchev–Trinajstić information content (AvgIpc) is 3.51. The van der Waals surface area contributed by atoms with E-state index in [1.165, 1.54) is 11.1 Å². The minimum absolute atomic E-state index is 0.00409. The number of nitrogens with zero attached hydrogens (tertiary/aromatic N) is 2. The molecule has 0 aromatic heterocycles. The minimum Gasteiger partial charge on any atom is -0.457 e. The van der Waals surface area contributed by atoms with Gasteiger partial charge in [-0.05, 0) is 54.7 Å². The number of hydrogen-bond acceptors (Lipinski definition) is 5. The number of hydrogen-bond donors (Lipinski definition) is 2. The van der Waals surface area contributed by atoms with Crippen molar-refractivity contribution in [1.29, 1.82) is 0 Å². The first-order valence-electron chi connectivity index (χ1n) is 12.5. The van der Waals surface area contributed by atoms with E-state index in [0.717, 1.165) is 30.7 Å². The summed E-state index contributed by atoms with van der Waals surface area (Å²) in [5.41, 5.74) is 9.23. The van der Waals surface area contributed by atoms with Gasteiger partial charge in [-0.25, -0.2) is 0 Å². The van der Waals surface area contributed by atoms with Gasteiger partial charge in [0.15, 0.2) is 0 Å². The summed E-state index contributed by atoms with van der Waals surface area (Å²) in [7, 11) is 0. The Morgan fingerprint density at radius 2 is 1.72 bits per heavy atom. The van der Waals surface area contributed by atoms with Crippen molar-refractivity contribution in [3.8, 4) is 11.5 Å². The zero-order valence-electron chi connectivity index (χ0n) is 20.3. The van der Waals surface area contributed by atoms with Crippen LogP contribution in [0.2, 0.25) is 0 Å². The summed E-state index contributed by atoms with van der Waals surface area (Å²) in [5.74, 6) is 1.22. The number of rotatable bonds is 8. The Morgan fingerprint density at radius 1 is 0.944 bits per heavy atom. The van der Waals surface area contributed by atoms with Crippen LogP contribution in [0.15, 0.2) is 78.9 Å². The predicted octanol–water partition coefficient (Wildman–Crippen LogP) is 3.65. The molecule has 7 heteroatoms. The van der Waals surface area contributed by atoms with Crippen molar-refractivity contribution < 1.29 is 14.3 Å². The lowest BCUT2D eigenvalue weighted by Gasteiger charge is -2.27. The van der Waals surface area contributed by atoms with Gasteiger partial charge in [0.2, 0.25) is 11.8 Å². The Kier molecular flexibility index (Phi) is 7.18. The summed E-state index contributed by atoms with van der Waals surface area (Å²) < 4.78 is 6.00. The number of anilines is 1. The highest BCUT2D eigenvalue weighted by molar-refractivity contribution is 5.87. The number of carbonyl (C=O) groups excluding carboxylic acids is 2. The minimum atomic E-state index is -0.114. The Morgan fingerprint density at radius 3 is 2.53 bits per heavy atom. The number of ether oxygens (including phenoxy) is 1. The van der Waals surface area contributed by atoms with E-state index in [-0.39, 0.29) is 37.0 Å². The van der Waals surface area contributed by atoms with Crippen molar-refractivity contribution in [3.05, 3.63) is 90.0 Å².